The van der Waals surface area contributed by atoms with Crippen molar-refractivity contribution >= 4 is 28.9 Å². The molecule has 0 bridgehead atoms. The molecule has 4 nitrogen and oxygen atoms in total. The Labute approximate surface area is 141 Å². The maximum absolute atomic E-state index is 11.0. The van der Waals surface area contributed by atoms with Crippen LogP contribution >= 0.6 is 12.2 Å². The van der Waals surface area contributed by atoms with Gasteiger partial charge in [-0.1, -0.05) is 42.5 Å². The van der Waals surface area contributed by atoms with E-state index in [1.165, 1.54) is 12.5 Å². The number of para-hydroxylation sites is 2. The number of carbonyl (C=O) groups is 1. The molecule has 0 aliphatic carbocycles. The topological polar surface area (TPSA) is 50.4 Å². The van der Waals surface area contributed by atoms with Crippen molar-refractivity contribution in [3.8, 4) is 5.75 Å². The molecule has 0 spiro atoms. The molecule has 0 aromatic heterocycles. The van der Waals surface area contributed by atoms with Gasteiger partial charge in [-0.25, -0.2) is 0 Å². The van der Waals surface area contributed by atoms with E-state index in [-0.39, 0.29) is 11.0 Å². The molecule has 2 N–H and O–H groups in total. The van der Waals surface area contributed by atoms with E-state index in [2.05, 4.69) is 22.8 Å². The highest BCUT2D eigenvalue weighted by atomic mass is 32.1. The number of aryl methyl sites for hydroxylation is 1. The van der Waals surface area contributed by atoms with Crippen molar-refractivity contribution in [1.29, 1.82) is 0 Å². The Balaban J connectivity index is 1.85. The van der Waals surface area contributed by atoms with Crippen molar-refractivity contribution in [3.05, 3.63) is 60.2 Å². The third kappa shape index (κ3) is 6.08. The van der Waals surface area contributed by atoms with Gasteiger partial charge in [-0.15, -0.1) is 0 Å². The number of amides is 1. The van der Waals surface area contributed by atoms with Crippen molar-refractivity contribution in [2.75, 3.05) is 11.9 Å². The third-order valence-corrected chi connectivity index (χ3v) is 3.34. The molecular weight excluding hydrogens is 308 g/mol. The van der Waals surface area contributed by atoms with E-state index < -0.39 is 0 Å². The summed E-state index contributed by atoms with van der Waals surface area (Å²) in [7, 11) is 0. The van der Waals surface area contributed by atoms with Crippen LogP contribution in [0.15, 0.2) is 54.6 Å². The number of ether oxygens (including phenoxy) is 1. The maximum atomic E-state index is 11.0. The van der Waals surface area contributed by atoms with Crippen LogP contribution in [0.2, 0.25) is 0 Å². The molecule has 120 valence electrons. The Morgan fingerprint density at radius 3 is 2.52 bits per heavy atom. The smallest absolute Gasteiger partial charge is 0.222 e. The lowest BCUT2D eigenvalue weighted by atomic mass is 10.1. The molecule has 1 amide bonds. The van der Waals surface area contributed by atoms with Crippen molar-refractivity contribution in [3.63, 3.8) is 0 Å². The highest BCUT2D eigenvalue weighted by Crippen LogP contribution is 2.23. The fraction of sp³-hybridized carbons (Fsp3) is 0.222. The van der Waals surface area contributed by atoms with Crippen LogP contribution in [0.25, 0.3) is 0 Å². The second-order valence-corrected chi connectivity index (χ2v) is 5.48. The maximum Gasteiger partial charge on any atom is 0.222 e. The highest BCUT2D eigenvalue weighted by molar-refractivity contribution is 7.80. The molecule has 0 fully saturated rings. The predicted octanol–water partition coefficient (Wildman–Crippen LogP) is 3.53. The number of hydrogen-bond acceptors (Lipinski definition) is 3. The molecule has 0 heterocycles. The van der Waals surface area contributed by atoms with Gasteiger partial charge in [-0.3, -0.25) is 4.79 Å². The lowest BCUT2D eigenvalue weighted by Gasteiger charge is -2.13. The SMILES string of the molecule is CC(=O)NC(=S)Nc1ccccc1OCCCc1ccccc1. The summed E-state index contributed by atoms with van der Waals surface area (Å²) in [5.74, 6) is 0.511. The predicted molar refractivity (Wildman–Crippen MR) is 96.7 cm³/mol. The van der Waals surface area contributed by atoms with E-state index in [0.717, 1.165) is 18.5 Å². The number of anilines is 1. The van der Waals surface area contributed by atoms with Crippen LogP contribution < -0.4 is 15.4 Å². The Morgan fingerprint density at radius 1 is 1.09 bits per heavy atom. The average molecular weight is 328 g/mol. The van der Waals surface area contributed by atoms with Crippen LogP contribution in [0.3, 0.4) is 0 Å². The van der Waals surface area contributed by atoms with Crippen molar-refractivity contribution in [1.82, 2.24) is 5.32 Å². The van der Waals surface area contributed by atoms with Gasteiger partial charge in [-0.2, -0.15) is 0 Å². The minimum Gasteiger partial charge on any atom is -0.491 e. The molecule has 0 atom stereocenters. The summed E-state index contributed by atoms with van der Waals surface area (Å²) in [6.07, 6.45) is 1.90. The number of hydrogen-bond donors (Lipinski definition) is 2. The van der Waals surface area contributed by atoms with E-state index in [1.807, 2.05) is 42.5 Å². The van der Waals surface area contributed by atoms with Crippen LogP contribution in [0, 0.1) is 0 Å². The largest absolute Gasteiger partial charge is 0.491 e. The molecule has 0 aliphatic heterocycles. The van der Waals surface area contributed by atoms with Gasteiger partial charge in [0.15, 0.2) is 5.11 Å². The lowest BCUT2D eigenvalue weighted by molar-refractivity contribution is -0.117. The zero-order chi connectivity index (χ0) is 16.5. The molecule has 5 heteroatoms. The number of rotatable bonds is 6. The summed E-state index contributed by atoms with van der Waals surface area (Å²) < 4.78 is 5.83. The van der Waals surface area contributed by atoms with Gasteiger partial charge < -0.3 is 15.4 Å². The Kier molecular flexibility index (Phi) is 6.56. The fourth-order valence-corrected chi connectivity index (χ4v) is 2.37. The zero-order valence-electron chi connectivity index (χ0n) is 13.0. The third-order valence-electron chi connectivity index (χ3n) is 3.14. The molecule has 2 aromatic carbocycles. The quantitative estimate of drug-likeness (QED) is 0.629. The second-order valence-electron chi connectivity index (χ2n) is 5.07. The highest BCUT2D eigenvalue weighted by Gasteiger charge is 2.06. The summed E-state index contributed by atoms with van der Waals surface area (Å²) in [6, 6.07) is 17.8. The van der Waals surface area contributed by atoms with Crippen LogP contribution in [0.5, 0.6) is 5.75 Å². The Bertz CT molecular complexity index is 659. The Hall–Kier alpha value is -2.40. The van der Waals surface area contributed by atoms with Gasteiger partial charge in [0.2, 0.25) is 5.91 Å². The van der Waals surface area contributed by atoms with E-state index in [1.54, 1.807) is 0 Å². The molecular formula is C18H20N2O2S. The average Bonchev–Trinajstić information content (AvgIpc) is 2.53. The lowest BCUT2D eigenvalue weighted by Crippen LogP contribution is -2.32. The number of carbonyl (C=O) groups excluding carboxylic acids is 1. The standard InChI is InChI=1S/C18H20N2O2S/c1-14(21)19-18(23)20-16-11-5-6-12-17(16)22-13-7-10-15-8-3-2-4-9-15/h2-6,8-9,11-12H,7,10,13H2,1H3,(H2,19,20,21,23). The molecule has 0 unspecified atom stereocenters. The van der Waals surface area contributed by atoms with Crippen LogP contribution in [-0.4, -0.2) is 17.6 Å². The minimum atomic E-state index is -0.205. The van der Waals surface area contributed by atoms with E-state index in [9.17, 15) is 4.79 Å². The second kappa shape index (κ2) is 8.90. The molecule has 2 aromatic rings. The van der Waals surface area contributed by atoms with E-state index >= 15 is 0 Å². The molecule has 0 radical (unpaired) electrons. The zero-order valence-corrected chi connectivity index (χ0v) is 13.9. The molecule has 2 rings (SSSR count). The monoisotopic (exact) mass is 328 g/mol. The molecule has 0 aliphatic rings. The number of benzene rings is 2. The summed E-state index contributed by atoms with van der Waals surface area (Å²) in [6.45, 7) is 2.03. The number of nitrogens with one attached hydrogen (secondary N) is 2. The van der Waals surface area contributed by atoms with Crippen molar-refractivity contribution < 1.29 is 9.53 Å². The van der Waals surface area contributed by atoms with E-state index in [0.29, 0.717) is 12.4 Å². The fourth-order valence-electron chi connectivity index (χ4n) is 2.11. The van der Waals surface area contributed by atoms with Gasteiger partial charge in [0.05, 0.1) is 12.3 Å². The first kappa shape index (κ1) is 17.0. The van der Waals surface area contributed by atoms with Crippen molar-refractivity contribution in [2.45, 2.75) is 19.8 Å². The summed E-state index contributed by atoms with van der Waals surface area (Å²) in [5, 5.41) is 5.77. The van der Waals surface area contributed by atoms with Crippen molar-refractivity contribution in [2.24, 2.45) is 0 Å². The van der Waals surface area contributed by atoms with Crippen LogP contribution in [0.1, 0.15) is 18.9 Å². The van der Waals surface area contributed by atoms with Gasteiger partial charge in [-0.05, 0) is 42.8 Å². The minimum absolute atomic E-state index is 0.205. The summed E-state index contributed by atoms with van der Waals surface area (Å²) in [5.41, 5.74) is 2.04. The first-order valence-electron chi connectivity index (χ1n) is 7.49. The van der Waals surface area contributed by atoms with E-state index in [4.69, 9.17) is 17.0 Å². The summed E-state index contributed by atoms with van der Waals surface area (Å²) >= 11 is 5.07. The summed E-state index contributed by atoms with van der Waals surface area (Å²) in [4.78, 5) is 11.0. The van der Waals surface area contributed by atoms with Gasteiger partial charge in [0, 0.05) is 6.92 Å². The first-order valence-corrected chi connectivity index (χ1v) is 7.90. The van der Waals surface area contributed by atoms with Gasteiger partial charge >= 0.3 is 0 Å². The van der Waals surface area contributed by atoms with Crippen LogP contribution in [0.4, 0.5) is 5.69 Å². The number of thiocarbonyl (C=S) groups is 1. The van der Waals surface area contributed by atoms with Crippen LogP contribution in [-0.2, 0) is 11.2 Å². The first-order chi connectivity index (χ1) is 11.1. The molecule has 23 heavy (non-hydrogen) atoms. The Morgan fingerprint density at radius 2 is 1.78 bits per heavy atom. The molecule has 0 saturated heterocycles. The van der Waals surface area contributed by atoms with Gasteiger partial charge in [0.1, 0.15) is 5.75 Å². The normalized spacial score (nSPS) is 9.96. The molecule has 0 saturated carbocycles. The van der Waals surface area contributed by atoms with Gasteiger partial charge in [0.25, 0.3) is 0 Å².